The Bertz CT molecular complexity index is 1740. The molecule has 230 valence electrons. The van der Waals surface area contributed by atoms with Crippen LogP contribution in [0.15, 0.2) is 46.2 Å². The highest BCUT2D eigenvalue weighted by Gasteiger charge is 2.39. The number of methoxy groups -OCH3 is 2. The predicted octanol–water partition coefficient (Wildman–Crippen LogP) is 3.63. The van der Waals surface area contributed by atoms with Crippen LogP contribution >= 0.6 is 11.3 Å². The lowest BCUT2D eigenvalue weighted by Gasteiger charge is -2.31. The topological polar surface area (TPSA) is 110 Å². The van der Waals surface area contributed by atoms with Gasteiger partial charge in [0.2, 0.25) is 5.91 Å². The molecule has 1 amide bonds. The molecular weight excluding hydrogens is 577 g/mol. The van der Waals surface area contributed by atoms with Crippen molar-refractivity contribution in [3.05, 3.63) is 74.4 Å². The van der Waals surface area contributed by atoms with Gasteiger partial charge in [-0.15, -0.1) is 0 Å². The van der Waals surface area contributed by atoms with Crippen LogP contribution in [0, 0.1) is 12.7 Å². The molecule has 0 N–H and O–H groups in total. The Balaban J connectivity index is 1.76. The number of fused-ring (bicyclic) bond motifs is 1. The third-order valence-corrected chi connectivity index (χ3v) is 9.17. The number of carbonyl (C=O) groups excluding carboxylic acids is 1. The lowest BCUT2D eigenvalue weighted by Crippen LogP contribution is -2.56. The van der Waals surface area contributed by atoms with Gasteiger partial charge in [-0.25, -0.2) is 18.4 Å². The number of hydrogen-bond acceptors (Lipinski definition) is 8. The molecule has 4 aromatic rings. The van der Waals surface area contributed by atoms with Gasteiger partial charge in [-0.05, 0) is 57.9 Å². The monoisotopic (exact) mass is 613 g/mol. The Morgan fingerprint density at radius 2 is 1.91 bits per heavy atom. The quantitative estimate of drug-likeness (QED) is 0.238. The summed E-state index contributed by atoms with van der Waals surface area (Å²) < 4.78 is 35.5. The maximum absolute atomic E-state index is 14.5. The molecule has 3 aromatic heterocycles. The predicted molar refractivity (Wildman–Crippen MR) is 161 cm³/mol. The highest BCUT2D eigenvalue weighted by Crippen LogP contribution is 2.34. The van der Waals surface area contributed by atoms with Gasteiger partial charge in [0.15, 0.2) is 0 Å². The fourth-order valence-corrected chi connectivity index (χ4v) is 6.88. The first kappa shape index (κ1) is 30.6. The average Bonchev–Trinajstić information content (AvgIpc) is 3.76. The molecule has 0 bridgehead atoms. The summed E-state index contributed by atoms with van der Waals surface area (Å²) in [5.74, 6) is -0.413. The van der Waals surface area contributed by atoms with Gasteiger partial charge in [-0.2, -0.15) is 5.10 Å². The minimum absolute atomic E-state index is 0.0916. The third-order valence-electron chi connectivity index (χ3n) is 7.87. The lowest BCUT2D eigenvalue weighted by molar-refractivity contribution is -0.138. The second kappa shape index (κ2) is 12.4. The summed E-state index contributed by atoms with van der Waals surface area (Å²) in [6.45, 7) is 6.47. The number of ether oxygens (including phenoxy) is 3. The molecule has 43 heavy (non-hydrogen) atoms. The zero-order valence-electron chi connectivity index (χ0n) is 25.0. The van der Waals surface area contributed by atoms with Crippen LogP contribution in [-0.2, 0) is 26.4 Å². The van der Waals surface area contributed by atoms with Crippen molar-refractivity contribution in [3.63, 3.8) is 0 Å². The number of carbonyl (C=O) groups is 1. The number of aryl methyl sites for hydroxylation is 1. The fraction of sp³-hybridized carbons (Fsp3) is 0.467. The van der Waals surface area contributed by atoms with Gasteiger partial charge in [0.1, 0.15) is 33.0 Å². The summed E-state index contributed by atoms with van der Waals surface area (Å²) in [5.41, 5.74) is -1.68. The minimum Gasteiger partial charge on any atom is -0.496 e. The highest BCUT2D eigenvalue weighted by molar-refractivity contribution is 7.21. The highest BCUT2D eigenvalue weighted by atomic mass is 32.1. The molecule has 1 aliphatic heterocycles. The number of hydrogen-bond donors (Lipinski definition) is 0. The van der Waals surface area contributed by atoms with Crippen LogP contribution < -0.4 is 16.0 Å². The Kier molecular flexibility index (Phi) is 8.86. The SMILES string of the molecule is COCCO[C@@H](Cn1c(=O)n(C(C)(C)C(=O)N2CCCC2)c(=O)c2c(C)c(-n3cccn3)sc21)c1cc(F)ccc1OC. The molecule has 1 saturated heterocycles. The van der Waals surface area contributed by atoms with Crippen molar-refractivity contribution in [3.8, 4) is 10.8 Å². The van der Waals surface area contributed by atoms with Gasteiger partial charge in [0.25, 0.3) is 5.56 Å². The van der Waals surface area contributed by atoms with Gasteiger partial charge in [0.05, 0.1) is 32.3 Å². The molecule has 0 saturated carbocycles. The van der Waals surface area contributed by atoms with Gasteiger partial charge >= 0.3 is 5.69 Å². The molecule has 11 nitrogen and oxygen atoms in total. The number of likely N-dealkylation sites (tertiary alicyclic amines) is 1. The maximum Gasteiger partial charge on any atom is 0.333 e. The molecule has 1 fully saturated rings. The lowest BCUT2D eigenvalue weighted by atomic mass is 10.0. The van der Waals surface area contributed by atoms with E-state index in [2.05, 4.69) is 5.10 Å². The normalized spacial score (nSPS) is 14.5. The minimum atomic E-state index is -1.47. The summed E-state index contributed by atoms with van der Waals surface area (Å²) in [6.07, 6.45) is 4.26. The van der Waals surface area contributed by atoms with Crippen molar-refractivity contribution in [1.82, 2.24) is 23.8 Å². The third kappa shape index (κ3) is 5.64. The van der Waals surface area contributed by atoms with Gasteiger partial charge in [-0.1, -0.05) is 11.3 Å². The number of amides is 1. The van der Waals surface area contributed by atoms with E-state index in [0.29, 0.717) is 45.2 Å². The van der Waals surface area contributed by atoms with Gasteiger partial charge in [0, 0.05) is 43.7 Å². The van der Waals surface area contributed by atoms with Crippen molar-refractivity contribution < 1.29 is 23.4 Å². The number of thiophene rings is 1. The van der Waals surface area contributed by atoms with E-state index in [1.54, 1.807) is 48.8 Å². The molecule has 0 spiro atoms. The molecule has 0 radical (unpaired) electrons. The standard InChI is InChI=1S/C30H36FN5O6S/c1-19-24-25(37)36(30(2,3)28(38)33-12-6-7-13-33)29(39)34(27(24)43-26(19)35-14-8-11-32-35)18-23(42-16-15-40-4)21-17-20(31)9-10-22(21)41-5/h8-11,14,17,23H,6-7,12-13,15-16,18H2,1-5H3/t23-/m0/s1. The summed E-state index contributed by atoms with van der Waals surface area (Å²) in [6, 6.07) is 5.86. The first-order chi connectivity index (χ1) is 20.6. The molecule has 1 aromatic carbocycles. The Hall–Kier alpha value is -3.81. The van der Waals surface area contributed by atoms with Crippen molar-refractivity contribution in [1.29, 1.82) is 0 Å². The van der Waals surface area contributed by atoms with E-state index in [1.165, 1.54) is 48.3 Å². The summed E-state index contributed by atoms with van der Waals surface area (Å²) in [4.78, 5) is 44.5. The molecule has 5 rings (SSSR count). The van der Waals surface area contributed by atoms with Crippen LogP contribution in [0.25, 0.3) is 15.2 Å². The molecule has 13 heteroatoms. The second-order valence-electron chi connectivity index (χ2n) is 11.0. The number of nitrogens with zero attached hydrogens (tertiary/aromatic N) is 5. The largest absolute Gasteiger partial charge is 0.496 e. The van der Waals surface area contributed by atoms with E-state index in [-0.39, 0.29) is 25.7 Å². The van der Waals surface area contributed by atoms with Crippen LogP contribution in [0.3, 0.4) is 0 Å². The molecule has 0 aliphatic carbocycles. The molecule has 1 aliphatic rings. The molecular formula is C30H36FN5O6S. The zero-order chi connectivity index (χ0) is 30.9. The van der Waals surface area contributed by atoms with Crippen LogP contribution in [0.1, 0.15) is 43.9 Å². The first-order valence-electron chi connectivity index (χ1n) is 14.1. The Labute approximate surface area is 252 Å². The number of benzene rings is 1. The van der Waals surface area contributed by atoms with Gasteiger partial charge < -0.3 is 19.1 Å². The summed E-state index contributed by atoms with van der Waals surface area (Å²) >= 11 is 1.24. The van der Waals surface area contributed by atoms with Crippen molar-refractivity contribution >= 4 is 27.5 Å². The van der Waals surface area contributed by atoms with E-state index < -0.39 is 28.7 Å². The van der Waals surface area contributed by atoms with E-state index in [4.69, 9.17) is 14.2 Å². The van der Waals surface area contributed by atoms with Crippen molar-refractivity contribution in [2.24, 2.45) is 0 Å². The molecule has 4 heterocycles. The number of rotatable bonds is 11. The molecule has 0 unspecified atom stereocenters. The van der Waals surface area contributed by atoms with Gasteiger partial charge in [-0.3, -0.25) is 14.2 Å². The van der Waals surface area contributed by atoms with E-state index >= 15 is 0 Å². The summed E-state index contributed by atoms with van der Waals surface area (Å²) in [7, 11) is 3.01. The first-order valence-corrected chi connectivity index (χ1v) is 14.9. The second-order valence-corrected chi connectivity index (χ2v) is 12.0. The average molecular weight is 614 g/mol. The van der Waals surface area contributed by atoms with Crippen LogP contribution in [0.5, 0.6) is 5.75 Å². The Morgan fingerprint density at radius 3 is 2.56 bits per heavy atom. The smallest absolute Gasteiger partial charge is 0.333 e. The number of halogens is 1. The van der Waals surface area contributed by atoms with Crippen LogP contribution in [0.4, 0.5) is 4.39 Å². The van der Waals surface area contributed by atoms with Crippen LogP contribution in [0.2, 0.25) is 0 Å². The van der Waals surface area contributed by atoms with Crippen molar-refractivity contribution in [2.75, 3.05) is 40.5 Å². The van der Waals surface area contributed by atoms with Crippen LogP contribution in [-0.4, -0.2) is 70.2 Å². The van der Waals surface area contributed by atoms with E-state index in [1.807, 2.05) is 0 Å². The zero-order valence-corrected chi connectivity index (χ0v) is 25.8. The number of aromatic nitrogens is 4. The maximum atomic E-state index is 14.5. The summed E-state index contributed by atoms with van der Waals surface area (Å²) in [5, 5.41) is 5.30. The Morgan fingerprint density at radius 1 is 1.16 bits per heavy atom. The fourth-order valence-electron chi connectivity index (χ4n) is 5.64. The van der Waals surface area contributed by atoms with E-state index in [9.17, 15) is 18.8 Å². The molecule has 1 atom stereocenters. The van der Waals surface area contributed by atoms with E-state index in [0.717, 1.165) is 17.4 Å². The van der Waals surface area contributed by atoms with Crippen molar-refractivity contribution in [2.45, 2.75) is 51.8 Å².